The lowest BCUT2D eigenvalue weighted by molar-refractivity contribution is -0.137. The van der Waals surface area contributed by atoms with Crippen LogP contribution in [0.2, 0.25) is 0 Å². The van der Waals surface area contributed by atoms with E-state index in [2.05, 4.69) is 5.16 Å². The van der Waals surface area contributed by atoms with E-state index in [0.717, 1.165) is 6.42 Å². The van der Waals surface area contributed by atoms with E-state index < -0.39 is 11.4 Å². The van der Waals surface area contributed by atoms with Crippen molar-refractivity contribution < 1.29 is 19.2 Å². The minimum absolute atomic E-state index is 0.0673. The molecule has 0 saturated heterocycles. The molecule has 112 valence electrons. The lowest BCUT2D eigenvalue weighted by atomic mass is 9.85. The van der Waals surface area contributed by atoms with E-state index in [9.17, 15) is 9.59 Å². The maximum absolute atomic E-state index is 12.3. The Morgan fingerprint density at radius 1 is 1.35 bits per heavy atom. The maximum atomic E-state index is 12.3. The van der Waals surface area contributed by atoms with Crippen LogP contribution in [0.4, 0.5) is 0 Å². The molecule has 0 unspecified atom stereocenters. The number of allylic oxidation sites excluding steroid dienone is 1. The van der Waals surface area contributed by atoms with Gasteiger partial charge in [0, 0.05) is 11.8 Å². The van der Waals surface area contributed by atoms with Crippen molar-refractivity contribution in [1.29, 1.82) is 0 Å². The van der Waals surface area contributed by atoms with E-state index in [1.165, 1.54) is 7.11 Å². The fourth-order valence-electron chi connectivity index (χ4n) is 2.44. The van der Waals surface area contributed by atoms with Crippen molar-refractivity contribution in [2.45, 2.75) is 47.0 Å². The summed E-state index contributed by atoms with van der Waals surface area (Å²) in [5.41, 5.74) is 0.819. The van der Waals surface area contributed by atoms with E-state index >= 15 is 0 Å². The van der Waals surface area contributed by atoms with Gasteiger partial charge in [-0.2, -0.15) is 0 Å². The normalized spacial score (nSPS) is 18.4. The van der Waals surface area contributed by atoms with Gasteiger partial charge in [0.15, 0.2) is 5.78 Å². The fourth-order valence-corrected chi connectivity index (χ4v) is 2.44. The molecule has 0 radical (unpaired) electrons. The van der Waals surface area contributed by atoms with Crippen molar-refractivity contribution in [3.8, 4) is 0 Å². The molecule has 0 amide bonds. The Hall–Kier alpha value is -1.65. The number of oxime groups is 1. The van der Waals surface area contributed by atoms with Gasteiger partial charge < -0.3 is 9.57 Å². The second-order valence-electron chi connectivity index (χ2n) is 5.43. The summed E-state index contributed by atoms with van der Waals surface area (Å²) in [5, 5.41) is 4.03. The SMILES string of the molecule is CCC/C(=N\OCC)C1=C(C(=O)OC)C(C)(C)CC1=O. The number of rotatable bonds is 6. The van der Waals surface area contributed by atoms with Crippen molar-refractivity contribution in [3.05, 3.63) is 11.1 Å². The molecule has 0 fully saturated rings. The molecule has 0 aliphatic heterocycles. The Morgan fingerprint density at radius 2 is 2.00 bits per heavy atom. The summed E-state index contributed by atoms with van der Waals surface area (Å²) in [6.07, 6.45) is 1.71. The molecular weight excluding hydrogens is 258 g/mol. The molecule has 0 saturated carbocycles. The molecule has 0 N–H and O–H groups in total. The molecule has 0 atom stereocenters. The van der Waals surface area contributed by atoms with Gasteiger partial charge in [-0.3, -0.25) is 4.79 Å². The second-order valence-corrected chi connectivity index (χ2v) is 5.43. The number of ketones is 1. The third kappa shape index (κ3) is 3.26. The van der Waals surface area contributed by atoms with Crippen LogP contribution in [0, 0.1) is 5.41 Å². The predicted octanol–water partition coefficient (Wildman–Crippen LogP) is 2.65. The number of Topliss-reactive ketones (excluding diaryl/α,β-unsaturated/α-hetero) is 1. The minimum Gasteiger partial charge on any atom is -0.466 e. The van der Waals surface area contributed by atoms with E-state index in [-0.39, 0.29) is 5.78 Å². The summed E-state index contributed by atoms with van der Waals surface area (Å²) in [5.74, 6) is -0.529. The third-order valence-corrected chi connectivity index (χ3v) is 3.28. The molecule has 0 heterocycles. The lowest BCUT2D eigenvalue weighted by Gasteiger charge is -2.19. The minimum atomic E-state index is -0.528. The highest BCUT2D eigenvalue weighted by molar-refractivity contribution is 6.28. The largest absolute Gasteiger partial charge is 0.466 e. The zero-order valence-electron chi connectivity index (χ0n) is 12.9. The van der Waals surface area contributed by atoms with Crippen LogP contribution >= 0.6 is 0 Å². The molecule has 0 bridgehead atoms. The zero-order valence-corrected chi connectivity index (χ0v) is 12.9. The first kappa shape index (κ1) is 16.4. The second kappa shape index (κ2) is 6.68. The number of hydrogen-bond donors (Lipinski definition) is 0. The first-order valence-electron chi connectivity index (χ1n) is 6.94. The number of ether oxygens (including phenoxy) is 1. The summed E-state index contributed by atoms with van der Waals surface area (Å²) >= 11 is 0. The molecule has 1 rings (SSSR count). The van der Waals surface area contributed by atoms with Gasteiger partial charge in [0.25, 0.3) is 0 Å². The Balaban J connectivity index is 3.37. The third-order valence-electron chi connectivity index (χ3n) is 3.28. The first-order valence-corrected chi connectivity index (χ1v) is 6.94. The van der Waals surface area contributed by atoms with Gasteiger partial charge in [0.1, 0.15) is 6.61 Å². The van der Waals surface area contributed by atoms with E-state index in [1.807, 2.05) is 27.7 Å². The Morgan fingerprint density at radius 3 is 2.50 bits per heavy atom. The molecule has 5 heteroatoms. The molecule has 0 aromatic rings. The van der Waals surface area contributed by atoms with Crippen LogP contribution < -0.4 is 0 Å². The molecule has 5 nitrogen and oxygen atoms in total. The van der Waals surface area contributed by atoms with Crippen molar-refractivity contribution >= 4 is 17.5 Å². The summed E-state index contributed by atoms with van der Waals surface area (Å²) < 4.78 is 4.84. The number of esters is 1. The van der Waals surface area contributed by atoms with E-state index in [1.54, 1.807) is 0 Å². The number of nitrogens with zero attached hydrogens (tertiary/aromatic N) is 1. The standard InChI is InChI=1S/C15H23NO4/c1-6-8-10(16-20-7-2)12-11(17)9-15(3,4)13(12)14(18)19-5/h6-9H2,1-5H3/b16-10+. The lowest BCUT2D eigenvalue weighted by Crippen LogP contribution is -2.20. The molecular formula is C15H23NO4. The maximum Gasteiger partial charge on any atom is 0.335 e. The summed E-state index contributed by atoms with van der Waals surface area (Å²) in [6, 6.07) is 0. The van der Waals surface area contributed by atoms with Gasteiger partial charge in [0.2, 0.25) is 0 Å². The van der Waals surface area contributed by atoms with Crippen LogP contribution in [0.1, 0.15) is 47.0 Å². The monoisotopic (exact) mass is 281 g/mol. The summed E-state index contributed by atoms with van der Waals surface area (Å²) in [4.78, 5) is 29.4. The van der Waals surface area contributed by atoms with Gasteiger partial charge in [-0.05, 0) is 13.3 Å². The molecule has 1 aliphatic rings. The van der Waals surface area contributed by atoms with E-state index in [0.29, 0.717) is 36.3 Å². The highest BCUT2D eigenvalue weighted by Crippen LogP contribution is 2.41. The number of carbonyl (C=O) groups is 2. The van der Waals surface area contributed by atoms with Crippen molar-refractivity contribution in [1.82, 2.24) is 0 Å². The Kier molecular flexibility index (Phi) is 5.48. The van der Waals surface area contributed by atoms with Crippen molar-refractivity contribution in [2.75, 3.05) is 13.7 Å². The highest BCUT2D eigenvalue weighted by atomic mass is 16.6. The van der Waals surface area contributed by atoms with Crippen LogP contribution in [-0.4, -0.2) is 31.2 Å². The molecule has 1 aliphatic carbocycles. The number of carbonyl (C=O) groups excluding carboxylic acids is 2. The smallest absolute Gasteiger partial charge is 0.335 e. The topological polar surface area (TPSA) is 65.0 Å². The Bertz CT molecular complexity index is 460. The molecule has 0 aromatic carbocycles. The van der Waals surface area contributed by atoms with Crippen LogP contribution in [0.5, 0.6) is 0 Å². The van der Waals surface area contributed by atoms with Crippen LogP contribution in [0.3, 0.4) is 0 Å². The molecule has 0 spiro atoms. The first-order chi connectivity index (χ1) is 9.38. The molecule has 20 heavy (non-hydrogen) atoms. The summed E-state index contributed by atoms with van der Waals surface area (Å²) in [7, 11) is 1.32. The van der Waals surface area contributed by atoms with E-state index in [4.69, 9.17) is 9.57 Å². The quantitative estimate of drug-likeness (QED) is 0.426. The van der Waals surface area contributed by atoms with Crippen LogP contribution in [0.15, 0.2) is 16.3 Å². The Labute approximate surface area is 120 Å². The number of hydrogen-bond acceptors (Lipinski definition) is 5. The van der Waals surface area contributed by atoms with Crippen molar-refractivity contribution in [2.24, 2.45) is 10.6 Å². The van der Waals surface area contributed by atoms with Gasteiger partial charge in [-0.15, -0.1) is 0 Å². The van der Waals surface area contributed by atoms with Gasteiger partial charge >= 0.3 is 5.97 Å². The average molecular weight is 281 g/mol. The molecule has 0 aromatic heterocycles. The number of methoxy groups -OCH3 is 1. The van der Waals surface area contributed by atoms with Crippen LogP contribution in [0.25, 0.3) is 0 Å². The van der Waals surface area contributed by atoms with Gasteiger partial charge in [0.05, 0.1) is 24.0 Å². The zero-order chi connectivity index (χ0) is 15.3. The highest BCUT2D eigenvalue weighted by Gasteiger charge is 2.44. The van der Waals surface area contributed by atoms with Crippen LogP contribution in [-0.2, 0) is 19.2 Å². The van der Waals surface area contributed by atoms with Crippen molar-refractivity contribution in [3.63, 3.8) is 0 Å². The summed E-state index contributed by atoms with van der Waals surface area (Å²) in [6.45, 7) is 7.97. The van der Waals surface area contributed by atoms with Gasteiger partial charge in [-0.1, -0.05) is 32.3 Å². The fraction of sp³-hybridized carbons (Fsp3) is 0.667. The van der Waals surface area contributed by atoms with Gasteiger partial charge in [-0.25, -0.2) is 4.79 Å². The average Bonchev–Trinajstić information content (AvgIpc) is 2.63. The predicted molar refractivity (Wildman–Crippen MR) is 76.4 cm³/mol.